The summed E-state index contributed by atoms with van der Waals surface area (Å²) in [7, 11) is 0. The number of nitrogens with two attached hydrogens (primary N) is 1. The van der Waals surface area contributed by atoms with Crippen molar-refractivity contribution < 1.29 is 4.79 Å². The van der Waals surface area contributed by atoms with Gasteiger partial charge in [-0.2, -0.15) is 0 Å². The maximum absolute atomic E-state index is 11.2. The van der Waals surface area contributed by atoms with Crippen molar-refractivity contribution in [3.8, 4) is 0 Å². The van der Waals surface area contributed by atoms with Crippen molar-refractivity contribution in [1.29, 1.82) is 0 Å². The summed E-state index contributed by atoms with van der Waals surface area (Å²) in [5, 5.41) is 2.85. The van der Waals surface area contributed by atoms with Crippen molar-refractivity contribution in [3.63, 3.8) is 0 Å². The number of nitrogens with zero attached hydrogens (tertiary/aromatic N) is 1. The second-order valence-corrected chi connectivity index (χ2v) is 3.65. The van der Waals surface area contributed by atoms with Crippen LogP contribution >= 0.6 is 0 Å². The molecule has 1 saturated heterocycles. The van der Waals surface area contributed by atoms with Crippen LogP contribution in [-0.4, -0.2) is 43.5 Å². The number of rotatable bonds is 5. The summed E-state index contributed by atoms with van der Waals surface area (Å²) in [6.07, 6.45) is 0.997. The van der Waals surface area contributed by atoms with E-state index in [1.165, 1.54) is 0 Å². The zero-order valence-corrected chi connectivity index (χ0v) is 8.25. The summed E-state index contributed by atoms with van der Waals surface area (Å²) < 4.78 is 0. The fourth-order valence-electron chi connectivity index (χ4n) is 1.48. The molecule has 1 heterocycles. The third kappa shape index (κ3) is 3.32. The van der Waals surface area contributed by atoms with E-state index in [0.29, 0.717) is 12.5 Å². The van der Waals surface area contributed by atoms with Crippen LogP contribution in [0, 0.1) is 5.92 Å². The first kappa shape index (κ1) is 10.5. The van der Waals surface area contributed by atoms with Crippen LogP contribution in [0.25, 0.3) is 0 Å². The van der Waals surface area contributed by atoms with Gasteiger partial charge in [-0.25, -0.2) is 0 Å². The van der Waals surface area contributed by atoms with Crippen LogP contribution in [0.2, 0.25) is 0 Å². The third-order valence-corrected chi connectivity index (χ3v) is 2.31. The van der Waals surface area contributed by atoms with E-state index in [9.17, 15) is 4.79 Å². The molecule has 13 heavy (non-hydrogen) atoms. The van der Waals surface area contributed by atoms with Gasteiger partial charge in [-0.15, -0.1) is 0 Å². The van der Waals surface area contributed by atoms with Crippen molar-refractivity contribution in [3.05, 3.63) is 0 Å². The largest absolute Gasteiger partial charge is 0.355 e. The van der Waals surface area contributed by atoms with E-state index in [2.05, 4.69) is 10.2 Å². The fourth-order valence-corrected chi connectivity index (χ4v) is 1.48. The van der Waals surface area contributed by atoms with Crippen molar-refractivity contribution in [2.24, 2.45) is 11.7 Å². The van der Waals surface area contributed by atoms with Gasteiger partial charge in [0.15, 0.2) is 0 Å². The Morgan fingerprint density at radius 2 is 2.31 bits per heavy atom. The molecule has 1 amide bonds. The molecule has 0 aromatic heterocycles. The van der Waals surface area contributed by atoms with Crippen LogP contribution in [0.4, 0.5) is 0 Å². The van der Waals surface area contributed by atoms with Gasteiger partial charge >= 0.3 is 0 Å². The number of amides is 1. The second kappa shape index (κ2) is 5.19. The van der Waals surface area contributed by atoms with E-state index < -0.39 is 0 Å². The van der Waals surface area contributed by atoms with E-state index in [-0.39, 0.29) is 5.91 Å². The fraction of sp³-hybridized carbons (Fsp3) is 0.889. The average molecular weight is 185 g/mol. The van der Waals surface area contributed by atoms with Crippen molar-refractivity contribution in [1.82, 2.24) is 10.2 Å². The van der Waals surface area contributed by atoms with Crippen LogP contribution in [0.5, 0.6) is 0 Å². The van der Waals surface area contributed by atoms with Crippen LogP contribution < -0.4 is 11.1 Å². The summed E-state index contributed by atoms with van der Waals surface area (Å²) in [6, 6.07) is 0. The van der Waals surface area contributed by atoms with Crippen molar-refractivity contribution >= 4 is 5.91 Å². The Morgan fingerprint density at radius 3 is 2.85 bits per heavy atom. The Morgan fingerprint density at radius 1 is 1.62 bits per heavy atom. The topological polar surface area (TPSA) is 58.4 Å². The minimum absolute atomic E-state index is 0.136. The molecule has 1 aliphatic rings. The van der Waals surface area contributed by atoms with Crippen molar-refractivity contribution in [2.45, 2.75) is 13.3 Å². The van der Waals surface area contributed by atoms with Gasteiger partial charge in [0.05, 0.1) is 6.54 Å². The maximum atomic E-state index is 11.2. The Labute approximate surface area is 79.5 Å². The molecule has 0 spiro atoms. The molecule has 0 aromatic carbocycles. The Hall–Kier alpha value is -0.610. The van der Waals surface area contributed by atoms with E-state index in [4.69, 9.17) is 5.73 Å². The molecule has 0 atom stereocenters. The molecule has 0 bridgehead atoms. The summed E-state index contributed by atoms with van der Waals surface area (Å²) in [4.78, 5) is 13.3. The number of likely N-dealkylation sites (tertiary alicyclic amines) is 1. The third-order valence-electron chi connectivity index (χ3n) is 2.31. The molecule has 0 saturated carbocycles. The Balaban J connectivity index is 2.03. The highest BCUT2D eigenvalue weighted by Crippen LogP contribution is 2.12. The molecule has 1 fully saturated rings. The van der Waals surface area contributed by atoms with Gasteiger partial charge < -0.3 is 11.1 Å². The van der Waals surface area contributed by atoms with Gasteiger partial charge in [0.2, 0.25) is 5.91 Å². The standard InChI is InChI=1S/C9H19N3O/c1-2-3-11-9(13)7-12-5-8(4-10)6-12/h8H,2-7,10H2,1H3,(H,11,13). The van der Waals surface area contributed by atoms with Crippen molar-refractivity contribution in [2.75, 3.05) is 32.7 Å². The Bertz CT molecular complexity index is 166. The summed E-state index contributed by atoms with van der Waals surface area (Å²) in [6.45, 7) is 6.08. The van der Waals surface area contributed by atoms with Crippen LogP contribution in [0.1, 0.15) is 13.3 Å². The second-order valence-electron chi connectivity index (χ2n) is 3.65. The number of hydrogen-bond acceptors (Lipinski definition) is 3. The minimum Gasteiger partial charge on any atom is -0.355 e. The lowest BCUT2D eigenvalue weighted by Gasteiger charge is -2.37. The molecule has 3 N–H and O–H groups in total. The lowest BCUT2D eigenvalue weighted by Crippen LogP contribution is -2.53. The monoisotopic (exact) mass is 185 g/mol. The summed E-state index contributed by atoms with van der Waals surface area (Å²) in [5.74, 6) is 0.747. The minimum atomic E-state index is 0.136. The normalized spacial score (nSPS) is 18.3. The zero-order valence-electron chi connectivity index (χ0n) is 8.25. The number of nitrogens with one attached hydrogen (secondary N) is 1. The van der Waals surface area contributed by atoms with E-state index in [0.717, 1.165) is 32.6 Å². The maximum Gasteiger partial charge on any atom is 0.234 e. The molecule has 0 unspecified atom stereocenters. The van der Waals surface area contributed by atoms with Gasteiger partial charge in [-0.05, 0) is 18.9 Å². The Kier molecular flexibility index (Phi) is 4.18. The molecular weight excluding hydrogens is 166 g/mol. The van der Waals surface area contributed by atoms with Gasteiger partial charge in [-0.1, -0.05) is 6.92 Å². The molecule has 4 nitrogen and oxygen atoms in total. The van der Waals surface area contributed by atoms with Gasteiger partial charge in [0.25, 0.3) is 0 Å². The lowest BCUT2D eigenvalue weighted by atomic mass is 10.0. The predicted octanol–water partition coefficient (Wildman–Crippen LogP) is -0.597. The highest BCUT2D eigenvalue weighted by Gasteiger charge is 2.26. The van der Waals surface area contributed by atoms with E-state index >= 15 is 0 Å². The quantitative estimate of drug-likeness (QED) is 0.601. The predicted molar refractivity (Wildman–Crippen MR) is 52.3 cm³/mol. The van der Waals surface area contributed by atoms with Crippen LogP contribution in [0.3, 0.4) is 0 Å². The number of carbonyl (C=O) groups is 1. The molecule has 0 aromatic rings. The number of carbonyl (C=O) groups excluding carboxylic acids is 1. The SMILES string of the molecule is CCCNC(=O)CN1CC(CN)C1. The highest BCUT2D eigenvalue weighted by molar-refractivity contribution is 5.78. The zero-order chi connectivity index (χ0) is 9.68. The molecule has 0 radical (unpaired) electrons. The molecule has 1 rings (SSSR count). The lowest BCUT2D eigenvalue weighted by molar-refractivity contribution is -0.123. The highest BCUT2D eigenvalue weighted by atomic mass is 16.2. The molecule has 0 aliphatic carbocycles. The first-order chi connectivity index (χ1) is 6.26. The van der Waals surface area contributed by atoms with Crippen LogP contribution in [-0.2, 0) is 4.79 Å². The molecule has 4 heteroatoms. The smallest absolute Gasteiger partial charge is 0.234 e. The molecule has 76 valence electrons. The van der Waals surface area contributed by atoms with E-state index in [1.807, 2.05) is 6.92 Å². The average Bonchev–Trinajstić information content (AvgIpc) is 2.07. The van der Waals surface area contributed by atoms with E-state index in [1.54, 1.807) is 0 Å². The molecular formula is C9H19N3O. The first-order valence-corrected chi connectivity index (χ1v) is 4.95. The number of hydrogen-bond donors (Lipinski definition) is 2. The van der Waals surface area contributed by atoms with Gasteiger partial charge in [0, 0.05) is 19.6 Å². The summed E-state index contributed by atoms with van der Waals surface area (Å²) in [5.41, 5.74) is 5.48. The first-order valence-electron chi connectivity index (χ1n) is 4.95. The summed E-state index contributed by atoms with van der Waals surface area (Å²) >= 11 is 0. The van der Waals surface area contributed by atoms with Gasteiger partial charge in [0.1, 0.15) is 0 Å². The molecule has 1 aliphatic heterocycles. The van der Waals surface area contributed by atoms with Crippen LogP contribution in [0.15, 0.2) is 0 Å². The van der Waals surface area contributed by atoms with Gasteiger partial charge in [-0.3, -0.25) is 9.69 Å².